The lowest BCUT2D eigenvalue weighted by molar-refractivity contribution is 0.670. The van der Waals surface area contributed by atoms with Crippen molar-refractivity contribution >= 4 is 71.7 Å². The van der Waals surface area contributed by atoms with Crippen molar-refractivity contribution in [3.8, 4) is 33.4 Å². The van der Waals surface area contributed by atoms with Crippen LogP contribution in [0.25, 0.3) is 88.0 Å². The molecule has 0 N–H and O–H groups in total. The predicted molar refractivity (Wildman–Crippen MR) is 229 cm³/mol. The van der Waals surface area contributed by atoms with Gasteiger partial charge in [0.1, 0.15) is 22.3 Å². The third-order valence-electron chi connectivity index (χ3n) is 10.9. The van der Waals surface area contributed by atoms with Gasteiger partial charge in [0.2, 0.25) is 0 Å². The van der Waals surface area contributed by atoms with Crippen molar-refractivity contribution in [2.45, 2.75) is 0 Å². The molecular weight excluding hydrogens is 671 g/mol. The van der Waals surface area contributed by atoms with Gasteiger partial charge in [-0.1, -0.05) is 164 Å². The van der Waals surface area contributed by atoms with Crippen LogP contribution in [0.5, 0.6) is 0 Å². The maximum absolute atomic E-state index is 6.81. The van der Waals surface area contributed by atoms with Crippen LogP contribution in [0.2, 0.25) is 0 Å². The quantitative estimate of drug-likeness (QED) is 0.173. The number of anilines is 3. The number of benzene rings is 9. The van der Waals surface area contributed by atoms with Crippen LogP contribution in [-0.4, -0.2) is 0 Å². The molecule has 0 amide bonds. The Kier molecular flexibility index (Phi) is 7.17. The van der Waals surface area contributed by atoms with Gasteiger partial charge in [0.05, 0.1) is 5.69 Å². The molecule has 258 valence electrons. The van der Waals surface area contributed by atoms with Gasteiger partial charge in [-0.2, -0.15) is 0 Å². The molecule has 0 aliphatic carbocycles. The standard InChI is InChI=1S/C52H33NO2/c1-3-13-36(14-4-1)40-20-12-23-46-47-33-48(42-17-7-8-19-44(42)52(47)55-51(40)46)53(38-15-5-2-6-16-38)39-31-29-35(30-32-39)34-25-27-37(28-26-34)41-21-11-22-45-43-18-9-10-24-49(43)54-50(41)45/h1-33H. The molecule has 0 fully saturated rings. The molecule has 0 unspecified atom stereocenters. The van der Waals surface area contributed by atoms with Crippen LogP contribution in [0.1, 0.15) is 0 Å². The molecule has 11 aromatic rings. The van der Waals surface area contributed by atoms with E-state index < -0.39 is 0 Å². The van der Waals surface area contributed by atoms with E-state index in [1.807, 2.05) is 18.2 Å². The molecule has 0 atom stereocenters. The van der Waals surface area contributed by atoms with E-state index in [2.05, 4.69) is 187 Å². The smallest absolute Gasteiger partial charge is 0.143 e. The van der Waals surface area contributed by atoms with E-state index in [4.69, 9.17) is 8.83 Å². The van der Waals surface area contributed by atoms with Gasteiger partial charge >= 0.3 is 0 Å². The first-order valence-electron chi connectivity index (χ1n) is 18.7. The molecule has 0 saturated heterocycles. The molecule has 0 saturated carbocycles. The van der Waals surface area contributed by atoms with Gasteiger partial charge in [-0.05, 0) is 58.7 Å². The van der Waals surface area contributed by atoms with Crippen molar-refractivity contribution in [1.82, 2.24) is 0 Å². The minimum Gasteiger partial charge on any atom is -0.455 e. The predicted octanol–water partition coefficient (Wildman–Crippen LogP) is 15.1. The number of furan rings is 2. The summed E-state index contributed by atoms with van der Waals surface area (Å²) >= 11 is 0. The second kappa shape index (κ2) is 12.6. The van der Waals surface area contributed by atoms with E-state index in [0.717, 1.165) is 105 Å². The Hall–Kier alpha value is -7.36. The molecule has 9 aromatic carbocycles. The number of hydrogen-bond acceptors (Lipinski definition) is 3. The van der Waals surface area contributed by atoms with Gasteiger partial charge < -0.3 is 13.7 Å². The highest BCUT2D eigenvalue weighted by molar-refractivity contribution is 6.21. The largest absolute Gasteiger partial charge is 0.455 e. The average molecular weight is 704 g/mol. The Balaban J connectivity index is 1.01. The van der Waals surface area contributed by atoms with E-state index in [1.54, 1.807) is 0 Å². The molecule has 0 radical (unpaired) electrons. The fourth-order valence-corrected chi connectivity index (χ4v) is 8.25. The summed E-state index contributed by atoms with van der Waals surface area (Å²) in [6, 6.07) is 70.8. The zero-order valence-corrected chi connectivity index (χ0v) is 29.8. The zero-order valence-electron chi connectivity index (χ0n) is 29.8. The number of rotatable bonds is 6. The highest BCUT2D eigenvalue weighted by atomic mass is 16.3. The summed E-state index contributed by atoms with van der Waals surface area (Å²) in [5.41, 5.74) is 13.7. The number of para-hydroxylation sites is 4. The summed E-state index contributed by atoms with van der Waals surface area (Å²) in [6.07, 6.45) is 0. The first kappa shape index (κ1) is 31.2. The minimum atomic E-state index is 0.904. The maximum Gasteiger partial charge on any atom is 0.143 e. The fraction of sp³-hybridized carbons (Fsp3) is 0. The van der Waals surface area contributed by atoms with Crippen LogP contribution in [-0.2, 0) is 0 Å². The van der Waals surface area contributed by atoms with Crippen LogP contribution in [0, 0.1) is 0 Å². The Bertz CT molecular complexity index is 3180. The van der Waals surface area contributed by atoms with Crippen molar-refractivity contribution in [3.05, 3.63) is 200 Å². The third kappa shape index (κ3) is 5.13. The Labute approximate surface area is 317 Å². The lowest BCUT2D eigenvalue weighted by Crippen LogP contribution is -2.10. The second-order valence-electron chi connectivity index (χ2n) is 14.0. The van der Waals surface area contributed by atoms with Crippen molar-refractivity contribution in [1.29, 1.82) is 0 Å². The summed E-state index contributed by atoms with van der Waals surface area (Å²) in [7, 11) is 0. The van der Waals surface area contributed by atoms with Crippen LogP contribution in [0.15, 0.2) is 209 Å². The van der Waals surface area contributed by atoms with E-state index in [0.29, 0.717) is 0 Å². The second-order valence-corrected chi connectivity index (χ2v) is 14.0. The molecule has 0 aliphatic rings. The van der Waals surface area contributed by atoms with Crippen molar-refractivity contribution in [2.75, 3.05) is 4.90 Å². The van der Waals surface area contributed by atoms with E-state index in [9.17, 15) is 0 Å². The lowest BCUT2D eigenvalue weighted by Gasteiger charge is -2.27. The first-order valence-corrected chi connectivity index (χ1v) is 18.7. The maximum atomic E-state index is 6.81. The number of nitrogens with zero attached hydrogens (tertiary/aromatic N) is 1. The summed E-state index contributed by atoms with van der Waals surface area (Å²) in [6.45, 7) is 0. The molecule has 3 nitrogen and oxygen atoms in total. The first-order chi connectivity index (χ1) is 27.3. The molecule has 3 heteroatoms. The molecule has 0 spiro atoms. The third-order valence-corrected chi connectivity index (χ3v) is 10.9. The number of fused-ring (bicyclic) bond motifs is 8. The van der Waals surface area contributed by atoms with E-state index in [1.165, 1.54) is 0 Å². The van der Waals surface area contributed by atoms with Gasteiger partial charge in [0.15, 0.2) is 0 Å². The SMILES string of the molecule is c1ccc(-c2cccc3c2oc2c4ccccc4c(N(c4ccccc4)c4ccc(-c5ccc(-c6cccc7c6oc6ccccc67)cc5)cc4)cc32)cc1. The lowest BCUT2D eigenvalue weighted by atomic mass is 9.98. The van der Waals surface area contributed by atoms with Gasteiger partial charge in [-0.25, -0.2) is 0 Å². The highest BCUT2D eigenvalue weighted by Crippen LogP contribution is 2.46. The van der Waals surface area contributed by atoms with Crippen LogP contribution in [0.4, 0.5) is 17.1 Å². The normalized spacial score (nSPS) is 11.6. The minimum absolute atomic E-state index is 0.904. The summed E-state index contributed by atoms with van der Waals surface area (Å²) in [5.74, 6) is 0. The monoisotopic (exact) mass is 703 g/mol. The van der Waals surface area contributed by atoms with Gasteiger partial charge in [-0.3, -0.25) is 0 Å². The molecule has 0 bridgehead atoms. The van der Waals surface area contributed by atoms with Crippen LogP contribution < -0.4 is 4.90 Å². The molecule has 0 aliphatic heterocycles. The summed E-state index contributed by atoms with van der Waals surface area (Å²) < 4.78 is 13.2. The van der Waals surface area contributed by atoms with Crippen LogP contribution in [0.3, 0.4) is 0 Å². The van der Waals surface area contributed by atoms with Crippen molar-refractivity contribution in [3.63, 3.8) is 0 Å². The fourth-order valence-electron chi connectivity index (χ4n) is 8.25. The molecule has 55 heavy (non-hydrogen) atoms. The van der Waals surface area contributed by atoms with Crippen molar-refractivity contribution < 1.29 is 8.83 Å². The Morgan fingerprint density at radius 3 is 1.47 bits per heavy atom. The van der Waals surface area contributed by atoms with E-state index in [-0.39, 0.29) is 0 Å². The number of hydrogen-bond donors (Lipinski definition) is 0. The summed E-state index contributed by atoms with van der Waals surface area (Å²) in [5, 5.41) is 6.69. The van der Waals surface area contributed by atoms with E-state index >= 15 is 0 Å². The van der Waals surface area contributed by atoms with Gasteiger partial charge in [-0.15, -0.1) is 0 Å². The average Bonchev–Trinajstić information content (AvgIpc) is 3.84. The molecular formula is C52H33NO2. The van der Waals surface area contributed by atoms with Crippen molar-refractivity contribution in [2.24, 2.45) is 0 Å². The van der Waals surface area contributed by atoms with Crippen LogP contribution >= 0.6 is 0 Å². The highest BCUT2D eigenvalue weighted by Gasteiger charge is 2.21. The molecule has 2 heterocycles. The van der Waals surface area contributed by atoms with Gasteiger partial charge in [0.25, 0.3) is 0 Å². The van der Waals surface area contributed by atoms with Gasteiger partial charge in [0, 0.05) is 54.8 Å². The zero-order chi connectivity index (χ0) is 36.3. The summed E-state index contributed by atoms with van der Waals surface area (Å²) in [4.78, 5) is 2.36. The molecule has 2 aromatic heterocycles. The molecule has 11 rings (SSSR count). The Morgan fingerprint density at radius 1 is 0.291 bits per heavy atom. The topological polar surface area (TPSA) is 29.5 Å². The Morgan fingerprint density at radius 2 is 0.764 bits per heavy atom.